The van der Waals surface area contributed by atoms with E-state index < -0.39 is 22.9 Å². The van der Waals surface area contributed by atoms with Gasteiger partial charge < -0.3 is 9.73 Å². The highest BCUT2D eigenvalue weighted by molar-refractivity contribution is 7.80. The van der Waals surface area contributed by atoms with Gasteiger partial charge in [0.15, 0.2) is 0 Å². The van der Waals surface area contributed by atoms with E-state index in [0.717, 1.165) is 12.1 Å². The van der Waals surface area contributed by atoms with Crippen LogP contribution < -0.4 is 10.0 Å². The van der Waals surface area contributed by atoms with Crippen LogP contribution in [0.2, 0.25) is 0 Å². The van der Waals surface area contributed by atoms with E-state index in [1.54, 1.807) is 24.3 Å². The molecule has 3 aromatic rings. The molecule has 2 aromatic carbocycles. The predicted molar refractivity (Wildman–Crippen MR) is 86.0 cm³/mol. The van der Waals surface area contributed by atoms with Crippen LogP contribution in [0.15, 0.2) is 53.1 Å². The Morgan fingerprint density at radius 3 is 2.29 bits per heavy atom. The lowest BCUT2D eigenvalue weighted by molar-refractivity contribution is 0.550. The van der Waals surface area contributed by atoms with Crippen molar-refractivity contribution in [2.45, 2.75) is 0 Å². The second kappa shape index (κ2) is 6.77. The van der Waals surface area contributed by atoms with E-state index in [4.69, 9.17) is 8.97 Å². The lowest BCUT2D eigenvalue weighted by Gasteiger charge is -2.05. The van der Waals surface area contributed by atoms with Gasteiger partial charge in [0.25, 0.3) is 11.3 Å². The summed E-state index contributed by atoms with van der Waals surface area (Å²) in [6.07, 6.45) is 1.30. The normalized spacial score (nSPS) is 12.0. The number of oxazole rings is 1. The van der Waals surface area contributed by atoms with Gasteiger partial charge in [0, 0.05) is 11.4 Å². The zero-order chi connectivity index (χ0) is 17.1. The van der Waals surface area contributed by atoms with Crippen LogP contribution in [0, 0.1) is 11.6 Å². The molecular formula is C15H11F2N3O3S. The maximum Gasteiger partial charge on any atom is 0.259 e. The number of benzene rings is 2. The van der Waals surface area contributed by atoms with E-state index in [2.05, 4.69) is 15.0 Å². The Morgan fingerprint density at radius 1 is 1.04 bits per heavy atom. The summed E-state index contributed by atoms with van der Waals surface area (Å²) in [5.74, 6) is -1.52. The highest BCUT2D eigenvalue weighted by atomic mass is 32.2. The summed E-state index contributed by atoms with van der Waals surface area (Å²) in [6, 6.07) is 9.89. The molecule has 0 bridgehead atoms. The number of anilines is 3. The molecule has 1 atom stereocenters. The Morgan fingerprint density at radius 2 is 1.67 bits per heavy atom. The molecule has 1 aromatic heterocycles. The second-order valence-electron chi connectivity index (χ2n) is 4.68. The molecule has 9 heteroatoms. The fourth-order valence-electron chi connectivity index (χ4n) is 2.01. The Hall–Kier alpha value is -2.78. The minimum Gasteiger partial charge on any atom is -0.420 e. The standard InChI is InChI=1S/C15H11F2N3O3S/c16-11-2-1-3-12(17)14(11)15-18-8-13(23-15)19-9-4-6-10(7-5-9)20-24(21)22/h1-8,19-20H,(H,21,22). The lowest BCUT2D eigenvalue weighted by atomic mass is 10.2. The molecule has 124 valence electrons. The topological polar surface area (TPSA) is 87.4 Å². The van der Waals surface area contributed by atoms with Crippen molar-refractivity contribution in [2.24, 2.45) is 0 Å². The smallest absolute Gasteiger partial charge is 0.259 e. The third kappa shape index (κ3) is 3.58. The average Bonchev–Trinajstić information content (AvgIpc) is 2.97. The third-order valence-corrected chi connectivity index (χ3v) is 3.45. The quantitative estimate of drug-likeness (QED) is 0.607. The van der Waals surface area contributed by atoms with Gasteiger partial charge in [-0.1, -0.05) is 6.07 Å². The SMILES string of the molecule is O=S(O)Nc1ccc(Nc2cnc(-c3c(F)cccc3F)o2)cc1. The van der Waals surface area contributed by atoms with Crippen molar-refractivity contribution in [3.63, 3.8) is 0 Å². The van der Waals surface area contributed by atoms with Crippen molar-refractivity contribution < 1.29 is 22.0 Å². The fourth-order valence-corrected chi connectivity index (χ4v) is 2.35. The molecule has 1 heterocycles. The molecule has 0 fully saturated rings. The molecule has 0 aliphatic carbocycles. The number of halogens is 2. The van der Waals surface area contributed by atoms with Crippen molar-refractivity contribution >= 4 is 28.5 Å². The Kier molecular flexibility index (Phi) is 4.54. The minimum absolute atomic E-state index is 0.179. The van der Waals surface area contributed by atoms with Crippen molar-refractivity contribution in [2.75, 3.05) is 10.0 Å². The van der Waals surface area contributed by atoms with Gasteiger partial charge >= 0.3 is 0 Å². The van der Waals surface area contributed by atoms with E-state index in [0.29, 0.717) is 11.4 Å². The predicted octanol–water partition coefficient (Wildman–Crippen LogP) is 3.91. The van der Waals surface area contributed by atoms with Gasteiger partial charge in [-0.25, -0.2) is 18.0 Å². The first-order valence-electron chi connectivity index (χ1n) is 6.68. The van der Waals surface area contributed by atoms with E-state index in [9.17, 15) is 13.0 Å². The summed E-state index contributed by atoms with van der Waals surface area (Å²) in [5, 5.41) is 2.87. The largest absolute Gasteiger partial charge is 0.420 e. The van der Waals surface area contributed by atoms with Crippen LogP contribution in [0.5, 0.6) is 0 Å². The summed E-state index contributed by atoms with van der Waals surface area (Å²) >= 11 is -2.15. The number of nitrogens with zero attached hydrogens (tertiary/aromatic N) is 1. The molecule has 6 nitrogen and oxygen atoms in total. The zero-order valence-electron chi connectivity index (χ0n) is 12.0. The summed E-state index contributed by atoms with van der Waals surface area (Å²) < 4.78 is 54.4. The first kappa shape index (κ1) is 16.1. The molecule has 3 N–H and O–H groups in total. The second-order valence-corrected chi connectivity index (χ2v) is 5.38. The van der Waals surface area contributed by atoms with E-state index in [-0.39, 0.29) is 17.3 Å². The molecule has 0 spiro atoms. The summed E-state index contributed by atoms with van der Waals surface area (Å²) in [7, 11) is 0. The van der Waals surface area contributed by atoms with Gasteiger partial charge in [-0.15, -0.1) is 0 Å². The molecule has 24 heavy (non-hydrogen) atoms. The maximum absolute atomic E-state index is 13.7. The summed E-state index contributed by atoms with van der Waals surface area (Å²) in [4.78, 5) is 3.87. The average molecular weight is 351 g/mol. The van der Waals surface area contributed by atoms with Crippen molar-refractivity contribution in [3.8, 4) is 11.5 Å². The Bertz CT molecular complexity index is 864. The molecule has 0 saturated carbocycles. The molecule has 3 rings (SSSR count). The van der Waals surface area contributed by atoms with Crippen LogP contribution in [0.25, 0.3) is 11.5 Å². The first-order chi connectivity index (χ1) is 11.5. The van der Waals surface area contributed by atoms with Gasteiger partial charge in [0.1, 0.15) is 17.2 Å². The van der Waals surface area contributed by atoms with Gasteiger partial charge in [0.05, 0.1) is 6.20 Å². The maximum atomic E-state index is 13.7. The summed E-state index contributed by atoms with van der Waals surface area (Å²) in [6.45, 7) is 0. The van der Waals surface area contributed by atoms with Crippen LogP contribution in [0.1, 0.15) is 0 Å². The Labute approximate surface area is 138 Å². The van der Waals surface area contributed by atoms with Crippen LogP contribution in [-0.2, 0) is 11.3 Å². The summed E-state index contributed by atoms with van der Waals surface area (Å²) in [5.41, 5.74) is 0.713. The van der Waals surface area contributed by atoms with Crippen LogP contribution in [-0.4, -0.2) is 13.7 Å². The first-order valence-corrected chi connectivity index (χ1v) is 7.78. The zero-order valence-corrected chi connectivity index (χ0v) is 12.8. The number of hydrogen-bond acceptors (Lipinski definition) is 4. The van der Waals surface area contributed by atoms with E-state index >= 15 is 0 Å². The molecule has 0 aliphatic rings. The van der Waals surface area contributed by atoms with Crippen molar-refractivity contribution in [3.05, 3.63) is 60.3 Å². The number of aromatic nitrogens is 1. The molecule has 0 saturated heterocycles. The molecule has 1 unspecified atom stereocenters. The highest BCUT2D eigenvalue weighted by Crippen LogP contribution is 2.28. The minimum atomic E-state index is -2.15. The van der Waals surface area contributed by atoms with E-state index in [1.165, 1.54) is 12.3 Å². The Balaban J connectivity index is 1.78. The molecule has 0 amide bonds. The van der Waals surface area contributed by atoms with E-state index in [1.807, 2.05) is 0 Å². The van der Waals surface area contributed by atoms with Crippen molar-refractivity contribution in [1.82, 2.24) is 4.98 Å². The van der Waals surface area contributed by atoms with Crippen molar-refractivity contribution in [1.29, 1.82) is 0 Å². The lowest BCUT2D eigenvalue weighted by Crippen LogP contribution is -2.01. The third-order valence-electron chi connectivity index (χ3n) is 3.04. The molecular weight excluding hydrogens is 340 g/mol. The highest BCUT2D eigenvalue weighted by Gasteiger charge is 2.16. The number of rotatable bonds is 5. The van der Waals surface area contributed by atoms with Gasteiger partial charge in [-0.2, -0.15) is 0 Å². The van der Waals surface area contributed by atoms with Crippen LogP contribution >= 0.6 is 0 Å². The number of nitrogens with one attached hydrogen (secondary N) is 2. The molecule has 0 radical (unpaired) electrons. The fraction of sp³-hybridized carbons (Fsp3) is 0. The van der Waals surface area contributed by atoms with Gasteiger partial charge in [-0.3, -0.25) is 9.27 Å². The van der Waals surface area contributed by atoms with Crippen LogP contribution in [0.4, 0.5) is 26.0 Å². The number of hydrogen-bond donors (Lipinski definition) is 3. The van der Waals surface area contributed by atoms with Gasteiger partial charge in [0.2, 0.25) is 11.8 Å². The monoisotopic (exact) mass is 351 g/mol. The molecule has 0 aliphatic heterocycles. The van der Waals surface area contributed by atoms with Crippen LogP contribution in [0.3, 0.4) is 0 Å². The van der Waals surface area contributed by atoms with Gasteiger partial charge in [-0.05, 0) is 36.4 Å².